The van der Waals surface area contributed by atoms with Crippen molar-refractivity contribution in [3.8, 4) is 6.19 Å². The lowest BCUT2D eigenvalue weighted by Gasteiger charge is -2.30. The molecule has 5 atom stereocenters. The molecule has 0 bridgehead atoms. The van der Waals surface area contributed by atoms with Crippen LogP contribution in [0.1, 0.15) is 81.4 Å². The predicted molar refractivity (Wildman–Crippen MR) is 162 cm³/mol. The molecule has 2 aliphatic carbocycles. The number of carbonyl (C=O) groups is 4. The summed E-state index contributed by atoms with van der Waals surface area (Å²) in [5.41, 5.74) is 2.33. The van der Waals surface area contributed by atoms with Crippen LogP contribution in [0.5, 0.6) is 0 Å². The van der Waals surface area contributed by atoms with Gasteiger partial charge in [0.1, 0.15) is 34.8 Å². The van der Waals surface area contributed by atoms with Gasteiger partial charge in [0.25, 0.3) is 5.91 Å². The van der Waals surface area contributed by atoms with Crippen molar-refractivity contribution in [2.75, 3.05) is 6.54 Å². The van der Waals surface area contributed by atoms with E-state index in [0.29, 0.717) is 19.3 Å². The van der Waals surface area contributed by atoms with E-state index in [4.69, 9.17) is 20.2 Å². The van der Waals surface area contributed by atoms with E-state index in [2.05, 4.69) is 16.0 Å². The lowest BCUT2D eigenvalue weighted by atomic mass is 9.96. The summed E-state index contributed by atoms with van der Waals surface area (Å²) >= 11 is 0. The largest absolute Gasteiger partial charge is 0.446 e. The van der Waals surface area contributed by atoms with Gasteiger partial charge in [-0.2, -0.15) is 20.3 Å². The standard InChI is InChI=1S/C32H40N8O5/c1-19-13-25-26(14-20(19)2)38-40(37-25)22-15-27-28(41)36-32(30(43)34-18-33)16-21(32)9-6-4-3-5-7-12-24(29(42)39(27)17-22)35-31(44)45-23-10-8-11-23/h6,9,13-14,21-24,27H,3-5,7-8,10-12,15-17H2,1-2H3,(H,34,43)(H,35,44)(H,36,41)/b9-6+/t21?,22-,24-,27+,32-/m1/s1. The minimum Gasteiger partial charge on any atom is -0.446 e. The summed E-state index contributed by atoms with van der Waals surface area (Å²) in [5.74, 6) is -1.72. The molecule has 1 saturated heterocycles. The second kappa shape index (κ2) is 12.5. The van der Waals surface area contributed by atoms with Crippen LogP contribution >= 0.6 is 0 Å². The Morgan fingerprint density at radius 2 is 1.80 bits per heavy atom. The maximum atomic E-state index is 14.3. The third-order valence-electron chi connectivity index (χ3n) is 9.79. The second-order valence-corrected chi connectivity index (χ2v) is 12.9. The lowest BCUT2D eigenvalue weighted by molar-refractivity contribution is -0.141. The average molecular weight is 617 g/mol. The number of amides is 4. The summed E-state index contributed by atoms with van der Waals surface area (Å²) in [6, 6.07) is 1.68. The molecular weight excluding hydrogens is 576 g/mol. The molecule has 6 rings (SSSR count). The van der Waals surface area contributed by atoms with E-state index in [1.165, 1.54) is 4.90 Å². The Morgan fingerprint density at radius 3 is 2.47 bits per heavy atom. The fourth-order valence-electron chi connectivity index (χ4n) is 6.59. The van der Waals surface area contributed by atoms with Crippen LogP contribution in [0.2, 0.25) is 0 Å². The van der Waals surface area contributed by atoms with Crippen LogP contribution in [0.25, 0.3) is 11.0 Å². The smallest absolute Gasteiger partial charge is 0.408 e. The van der Waals surface area contributed by atoms with Gasteiger partial charge in [-0.25, -0.2) is 4.79 Å². The van der Waals surface area contributed by atoms with Gasteiger partial charge in [-0.3, -0.25) is 19.7 Å². The highest BCUT2D eigenvalue weighted by molar-refractivity contribution is 5.98. The first kappa shape index (κ1) is 30.6. The summed E-state index contributed by atoms with van der Waals surface area (Å²) in [7, 11) is 0. The van der Waals surface area contributed by atoms with Crippen LogP contribution in [-0.2, 0) is 19.1 Å². The van der Waals surface area contributed by atoms with Crippen molar-refractivity contribution in [1.29, 1.82) is 5.26 Å². The van der Waals surface area contributed by atoms with Crippen LogP contribution in [0.4, 0.5) is 4.79 Å². The van der Waals surface area contributed by atoms with Gasteiger partial charge in [0.05, 0.1) is 6.04 Å². The number of benzene rings is 1. The van der Waals surface area contributed by atoms with Crippen molar-refractivity contribution in [2.24, 2.45) is 5.92 Å². The van der Waals surface area contributed by atoms with E-state index in [0.717, 1.165) is 60.7 Å². The van der Waals surface area contributed by atoms with Crippen molar-refractivity contribution in [3.63, 3.8) is 0 Å². The quantitative estimate of drug-likeness (QED) is 0.267. The number of nitrogens with one attached hydrogen (secondary N) is 3. The zero-order chi connectivity index (χ0) is 31.7. The molecule has 4 aliphatic rings. The van der Waals surface area contributed by atoms with Crippen molar-refractivity contribution in [2.45, 2.75) is 108 Å². The van der Waals surface area contributed by atoms with Gasteiger partial charge < -0.3 is 20.3 Å². The number of rotatable bonds is 4. The zero-order valence-corrected chi connectivity index (χ0v) is 25.8. The maximum Gasteiger partial charge on any atom is 0.408 e. The molecule has 45 heavy (non-hydrogen) atoms. The van der Waals surface area contributed by atoms with Gasteiger partial charge in [0.2, 0.25) is 11.8 Å². The SMILES string of the molecule is Cc1cc2nn([C@@H]3C[C@H]4C(=O)N[C@]5(C(=O)NC#N)CC5/C=C/CCCCC[C@@H](NC(=O)OC5CCC5)C(=O)N4C3)nc2cc1C. The van der Waals surface area contributed by atoms with Gasteiger partial charge in [-0.1, -0.05) is 25.0 Å². The monoisotopic (exact) mass is 616 g/mol. The average Bonchev–Trinajstić information content (AvgIpc) is 3.29. The molecule has 238 valence electrons. The number of aryl methyl sites for hydroxylation is 2. The number of hydrogen-bond acceptors (Lipinski definition) is 8. The van der Waals surface area contributed by atoms with Crippen molar-refractivity contribution in [1.82, 2.24) is 35.8 Å². The molecule has 2 aliphatic heterocycles. The van der Waals surface area contributed by atoms with E-state index in [1.807, 2.05) is 38.1 Å². The van der Waals surface area contributed by atoms with Gasteiger partial charge in [0, 0.05) is 18.9 Å². The Hall–Kier alpha value is -4.47. The molecule has 1 unspecified atom stereocenters. The molecule has 1 aromatic carbocycles. The first-order valence-corrected chi connectivity index (χ1v) is 16.0. The summed E-state index contributed by atoms with van der Waals surface area (Å²) in [6.07, 6.45) is 11.6. The number of ether oxygens (including phenoxy) is 1. The van der Waals surface area contributed by atoms with Gasteiger partial charge >= 0.3 is 6.09 Å². The molecule has 1 aromatic heterocycles. The molecule has 2 saturated carbocycles. The fourth-order valence-corrected chi connectivity index (χ4v) is 6.59. The van der Waals surface area contributed by atoms with Crippen LogP contribution in [-0.4, -0.2) is 74.0 Å². The van der Waals surface area contributed by atoms with E-state index in [1.54, 1.807) is 11.0 Å². The number of alkyl carbamates (subject to hydrolysis) is 1. The van der Waals surface area contributed by atoms with E-state index in [-0.39, 0.29) is 30.9 Å². The Morgan fingerprint density at radius 1 is 1.07 bits per heavy atom. The van der Waals surface area contributed by atoms with Gasteiger partial charge in [0.15, 0.2) is 6.19 Å². The highest BCUT2D eigenvalue weighted by atomic mass is 16.6. The van der Waals surface area contributed by atoms with Crippen LogP contribution in [0.3, 0.4) is 0 Å². The molecule has 0 spiro atoms. The maximum absolute atomic E-state index is 14.3. The molecule has 3 heterocycles. The Kier molecular flexibility index (Phi) is 8.48. The number of nitriles is 1. The van der Waals surface area contributed by atoms with E-state index < -0.39 is 41.6 Å². The Balaban J connectivity index is 1.31. The van der Waals surface area contributed by atoms with E-state index in [9.17, 15) is 19.2 Å². The van der Waals surface area contributed by atoms with Crippen molar-refractivity contribution in [3.05, 3.63) is 35.4 Å². The number of nitrogens with zero attached hydrogens (tertiary/aromatic N) is 5. The fraction of sp³-hybridized carbons (Fsp3) is 0.594. The number of allylic oxidation sites excluding steroid dienone is 1. The van der Waals surface area contributed by atoms with Crippen LogP contribution in [0.15, 0.2) is 24.3 Å². The molecule has 3 N–H and O–H groups in total. The first-order valence-electron chi connectivity index (χ1n) is 16.0. The number of carbonyl (C=O) groups excluding carboxylic acids is 4. The minimum atomic E-state index is -1.27. The molecule has 13 nitrogen and oxygen atoms in total. The third kappa shape index (κ3) is 6.23. The van der Waals surface area contributed by atoms with Crippen LogP contribution < -0.4 is 16.0 Å². The minimum absolute atomic E-state index is 0.140. The highest BCUT2D eigenvalue weighted by Gasteiger charge is 2.61. The van der Waals surface area contributed by atoms with Gasteiger partial charge in [-0.05, 0) is 82.1 Å². The van der Waals surface area contributed by atoms with Crippen molar-refractivity contribution < 1.29 is 23.9 Å². The predicted octanol–water partition coefficient (Wildman–Crippen LogP) is 2.83. The van der Waals surface area contributed by atoms with E-state index >= 15 is 0 Å². The summed E-state index contributed by atoms with van der Waals surface area (Å²) in [4.78, 5) is 57.2. The number of aromatic nitrogens is 3. The topological polar surface area (TPSA) is 171 Å². The first-order chi connectivity index (χ1) is 21.7. The zero-order valence-electron chi connectivity index (χ0n) is 25.8. The molecular formula is C32H40N8O5. The normalized spacial score (nSPS) is 29.6. The van der Waals surface area contributed by atoms with Crippen molar-refractivity contribution >= 4 is 34.8 Å². The van der Waals surface area contributed by atoms with Gasteiger partial charge in [-0.15, -0.1) is 0 Å². The molecule has 4 amide bonds. The Labute approximate surface area is 261 Å². The molecule has 13 heteroatoms. The molecule has 0 radical (unpaired) electrons. The molecule has 2 aromatic rings. The Bertz CT molecular complexity index is 1540. The summed E-state index contributed by atoms with van der Waals surface area (Å²) in [6.45, 7) is 4.16. The number of hydrogen-bond donors (Lipinski definition) is 3. The third-order valence-corrected chi connectivity index (χ3v) is 9.79. The number of fused-ring (bicyclic) bond motifs is 3. The molecule has 3 fully saturated rings. The summed E-state index contributed by atoms with van der Waals surface area (Å²) < 4.78 is 5.52. The highest BCUT2D eigenvalue weighted by Crippen LogP contribution is 2.45. The summed E-state index contributed by atoms with van der Waals surface area (Å²) in [5, 5.41) is 26.5. The second-order valence-electron chi connectivity index (χ2n) is 12.9. The van der Waals surface area contributed by atoms with Crippen LogP contribution in [0, 0.1) is 31.2 Å². The lowest BCUT2D eigenvalue weighted by Crippen LogP contribution is -2.57.